The van der Waals surface area contributed by atoms with Crippen molar-refractivity contribution in [3.63, 3.8) is 0 Å². The van der Waals surface area contributed by atoms with Crippen molar-refractivity contribution in [2.75, 3.05) is 0 Å². The van der Waals surface area contributed by atoms with E-state index in [-0.39, 0.29) is 3.92 Å². The van der Waals surface area contributed by atoms with Gasteiger partial charge >= 0.3 is 5.97 Å². The van der Waals surface area contributed by atoms with Gasteiger partial charge in [-0.1, -0.05) is 29.5 Å². The standard InChI is InChI=1S/C4H7IO3/c1-2(5)3(6)4(7)8/h2-3,6H,1H3,(H,7,8)/t2-,3-/m1/s1. The molecule has 0 aliphatic carbocycles. The third-order valence-electron chi connectivity index (χ3n) is 0.688. The fraction of sp³-hybridized carbons (Fsp3) is 0.750. The Morgan fingerprint density at radius 3 is 2.12 bits per heavy atom. The number of hydrogen-bond donors (Lipinski definition) is 2. The molecular formula is C4H7IO3. The molecule has 0 rings (SSSR count). The van der Waals surface area contributed by atoms with E-state index in [0.717, 1.165) is 0 Å². The van der Waals surface area contributed by atoms with Crippen LogP contribution in [-0.4, -0.2) is 26.2 Å². The number of hydrogen-bond acceptors (Lipinski definition) is 2. The highest BCUT2D eigenvalue weighted by molar-refractivity contribution is 14.1. The van der Waals surface area contributed by atoms with Crippen LogP contribution in [0.15, 0.2) is 0 Å². The Morgan fingerprint density at radius 2 is 2.12 bits per heavy atom. The molecule has 0 amide bonds. The lowest BCUT2D eigenvalue weighted by molar-refractivity contribution is -0.146. The number of carboxylic acid groups (broad SMARTS) is 1. The van der Waals surface area contributed by atoms with Crippen molar-refractivity contribution in [3.8, 4) is 0 Å². The molecule has 0 aromatic carbocycles. The topological polar surface area (TPSA) is 57.5 Å². The Hall–Kier alpha value is 0.160. The van der Waals surface area contributed by atoms with E-state index in [1.807, 2.05) is 22.6 Å². The second-order valence-corrected chi connectivity index (χ2v) is 3.43. The van der Waals surface area contributed by atoms with Crippen molar-refractivity contribution in [3.05, 3.63) is 0 Å². The molecule has 48 valence electrons. The minimum Gasteiger partial charge on any atom is -0.479 e. The smallest absolute Gasteiger partial charge is 0.333 e. The minimum atomic E-state index is -1.23. The van der Waals surface area contributed by atoms with Crippen LogP contribution in [0.5, 0.6) is 0 Å². The fourth-order valence-electron chi connectivity index (χ4n) is 0.196. The molecule has 0 spiro atoms. The maximum Gasteiger partial charge on any atom is 0.333 e. The van der Waals surface area contributed by atoms with E-state index in [4.69, 9.17) is 10.2 Å². The Kier molecular flexibility index (Phi) is 3.30. The first-order valence-electron chi connectivity index (χ1n) is 2.10. The highest BCUT2D eigenvalue weighted by atomic mass is 127. The molecule has 0 saturated heterocycles. The summed E-state index contributed by atoms with van der Waals surface area (Å²) in [5.74, 6) is -1.16. The largest absolute Gasteiger partial charge is 0.479 e. The summed E-state index contributed by atoms with van der Waals surface area (Å²) in [5, 5.41) is 16.7. The molecule has 0 aliphatic heterocycles. The Balaban J connectivity index is 3.64. The van der Waals surface area contributed by atoms with Gasteiger partial charge < -0.3 is 10.2 Å². The zero-order valence-electron chi connectivity index (χ0n) is 4.34. The highest BCUT2D eigenvalue weighted by Crippen LogP contribution is 2.03. The molecule has 0 radical (unpaired) electrons. The van der Waals surface area contributed by atoms with Crippen molar-refractivity contribution in [1.82, 2.24) is 0 Å². The van der Waals surface area contributed by atoms with E-state index in [1.54, 1.807) is 6.92 Å². The number of aliphatic hydroxyl groups is 1. The number of aliphatic hydroxyl groups excluding tert-OH is 1. The van der Waals surface area contributed by atoms with E-state index >= 15 is 0 Å². The normalized spacial score (nSPS) is 17.4. The first-order chi connectivity index (χ1) is 3.55. The predicted molar refractivity (Wildman–Crippen MR) is 37.1 cm³/mol. The summed E-state index contributed by atoms with van der Waals surface area (Å²) in [5.41, 5.74) is 0. The van der Waals surface area contributed by atoms with Crippen LogP contribution in [0.4, 0.5) is 0 Å². The molecule has 2 N–H and O–H groups in total. The molecule has 0 fully saturated rings. The van der Waals surface area contributed by atoms with Crippen LogP contribution >= 0.6 is 22.6 Å². The maximum absolute atomic E-state index is 9.89. The third-order valence-corrected chi connectivity index (χ3v) is 1.37. The van der Waals surface area contributed by atoms with Crippen LogP contribution in [0.25, 0.3) is 0 Å². The average molecular weight is 230 g/mol. The maximum atomic E-state index is 9.89. The SMILES string of the molecule is C[C@@H](I)[C@@H](O)C(=O)O. The summed E-state index contributed by atoms with van der Waals surface area (Å²) in [6.07, 6.45) is -1.23. The summed E-state index contributed by atoms with van der Waals surface area (Å²) < 4.78 is -0.231. The van der Waals surface area contributed by atoms with Crippen LogP contribution in [0.3, 0.4) is 0 Å². The van der Waals surface area contributed by atoms with Gasteiger partial charge in [0.2, 0.25) is 0 Å². The second-order valence-electron chi connectivity index (χ2n) is 1.46. The van der Waals surface area contributed by atoms with Gasteiger partial charge in [0.25, 0.3) is 0 Å². The number of carboxylic acids is 1. The van der Waals surface area contributed by atoms with Gasteiger partial charge in [0.15, 0.2) is 6.10 Å². The molecule has 0 bridgehead atoms. The molecule has 2 atom stereocenters. The highest BCUT2D eigenvalue weighted by Gasteiger charge is 2.17. The lowest BCUT2D eigenvalue weighted by Crippen LogP contribution is -2.27. The molecule has 3 nitrogen and oxygen atoms in total. The monoisotopic (exact) mass is 230 g/mol. The van der Waals surface area contributed by atoms with Crippen LogP contribution in [0, 0.1) is 0 Å². The second kappa shape index (κ2) is 3.24. The molecule has 0 saturated carbocycles. The van der Waals surface area contributed by atoms with Crippen LogP contribution in [-0.2, 0) is 4.79 Å². The van der Waals surface area contributed by atoms with Crippen molar-refractivity contribution < 1.29 is 15.0 Å². The van der Waals surface area contributed by atoms with Gasteiger partial charge in [-0.25, -0.2) is 4.79 Å². The number of alkyl halides is 1. The van der Waals surface area contributed by atoms with E-state index < -0.39 is 12.1 Å². The number of aliphatic carboxylic acids is 1. The summed E-state index contributed by atoms with van der Waals surface area (Å²) in [4.78, 5) is 9.89. The summed E-state index contributed by atoms with van der Waals surface area (Å²) in [7, 11) is 0. The summed E-state index contributed by atoms with van der Waals surface area (Å²) >= 11 is 1.85. The number of rotatable bonds is 2. The van der Waals surface area contributed by atoms with Gasteiger partial charge in [-0.15, -0.1) is 0 Å². The molecule has 0 aromatic heterocycles. The zero-order chi connectivity index (χ0) is 6.73. The van der Waals surface area contributed by atoms with Gasteiger partial charge in [0.1, 0.15) is 0 Å². The molecule has 4 heteroatoms. The molecule has 8 heavy (non-hydrogen) atoms. The van der Waals surface area contributed by atoms with Gasteiger partial charge in [-0.2, -0.15) is 0 Å². The Labute approximate surface area is 60.8 Å². The summed E-state index contributed by atoms with van der Waals surface area (Å²) in [6, 6.07) is 0. The van der Waals surface area contributed by atoms with Crippen LogP contribution in [0.2, 0.25) is 0 Å². The molecular weight excluding hydrogens is 223 g/mol. The first kappa shape index (κ1) is 8.16. The third kappa shape index (κ3) is 2.46. The van der Waals surface area contributed by atoms with Crippen LogP contribution in [0.1, 0.15) is 6.92 Å². The van der Waals surface area contributed by atoms with Crippen molar-refractivity contribution >= 4 is 28.6 Å². The Bertz CT molecular complexity index is 91.3. The van der Waals surface area contributed by atoms with Crippen LogP contribution < -0.4 is 0 Å². The van der Waals surface area contributed by atoms with E-state index in [2.05, 4.69) is 0 Å². The first-order valence-corrected chi connectivity index (χ1v) is 3.35. The minimum absolute atomic E-state index is 0.231. The quantitative estimate of drug-likeness (QED) is 0.528. The van der Waals surface area contributed by atoms with Gasteiger partial charge in [0.05, 0.1) is 0 Å². The molecule has 0 heterocycles. The number of carbonyl (C=O) groups is 1. The zero-order valence-corrected chi connectivity index (χ0v) is 6.49. The fourth-order valence-corrected chi connectivity index (χ4v) is 0.504. The predicted octanol–water partition coefficient (Wildman–Crippen LogP) is 0.255. The molecule has 0 unspecified atom stereocenters. The lowest BCUT2D eigenvalue weighted by Gasteiger charge is -2.04. The average Bonchev–Trinajstić information content (AvgIpc) is 1.64. The van der Waals surface area contributed by atoms with Crippen molar-refractivity contribution in [1.29, 1.82) is 0 Å². The van der Waals surface area contributed by atoms with Gasteiger partial charge in [-0.3, -0.25) is 0 Å². The molecule has 0 aromatic rings. The Morgan fingerprint density at radius 1 is 1.75 bits per heavy atom. The molecule has 0 aliphatic rings. The number of halogens is 1. The van der Waals surface area contributed by atoms with Crippen molar-refractivity contribution in [2.45, 2.75) is 17.0 Å². The van der Waals surface area contributed by atoms with E-state index in [9.17, 15) is 4.79 Å². The van der Waals surface area contributed by atoms with Crippen molar-refractivity contribution in [2.24, 2.45) is 0 Å². The van der Waals surface area contributed by atoms with Gasteiger partial charge in [0, 0.05) is 3.92 Å². The lowest BCUT2D eigenvalue weighted by atomic mass is 10.3. The summed E-state index contributed by atoms with van der Waals surface area (Å²) in [6.45, 7) is 1.64. The van der Waals surface area contributed by atoms with Gasteiger partial charge in [-0.05, 0) is 0 Å². The van der Waals surface area contributed by atoms with E-state index in [1.165, 1.54) is 0 Å². The van der Waals surface area contributed by atoms with E-state index in [0.29, 0.717) is 0 Å².